The van der Waals surface area contributed by atoms with Crippen molar-refractivity contribution in [3.8, 4) is 6.07 Å². The van der Waals surface area contributed by atoms with E-state index in [1.165, 1.54) is 7.11 Å². The molecule has 5 nitrogen and oxygen atoms in total. The van der Waals surface area contributed by atoms with Crippen molar-refractivity contribution in [2.24, 2.45) is 11.8 Å². The lowest BCUT2D eigenvalue weighted by Gasteiger charge is -2.21. The largest absolute Gasteiger partial charge is 0.469 e. The summed E-state index contributed by atoms with van der Waals surface area (Å²) in [6.07, 6.45) is 0.789. The number of esters is 1. The maximum Gasteiger partial charge on any atom is 0.309 e. The smallest absolute Gasteiger partial charge is 0.309 e. The minimum atomic E-state index is -0.336. The van der Waals surface area contributed by atoms with Gasteiger partial charge in [0.25, 0.3) is 0 Å². The molecule has 1 amide bonds. The summed E-state index contributed by atoms with van der Waals surface area (Å²) in [5.74, 6) is -1.10. The van der Waals surface area contributed by atoms with E-state index >= 15 is 0 Å². The zero-order valence-corrected chi connectivity index (χ0v) is 11.3. The molecule has 0 saturated heterocycles. The van der Waals surface area contributed by atoms with Gasteiger partial charge in [0.2, 0.25) is 5.91 Å². The monoisotopic (exact) mass is 272 g/mol. The molecule has 2 atom stereocenters. The van der Waals surface area contributed by atoms with Crippen molar-refractivity contribution in [2.75, 3.05) is 18.6 Å². The molecule has 0 N–H and O–H groups in total. The van der Waals surface area contributed by atoms with Crippen LogP contribution in [-0.2, 0) is 14.3 Å². The second-order valence-corrected chi connectivity index (χ2v) is 4.71. The summed E-state index contributed by atoms with van der Waals surface area (Å²) in [5, 5.41) is 8.71. The first kappa shape index (κ1) is 14.1. The maximum absolute atomic E-state index is 12.5. The van der Waals surface area contributed by atoms with Crippen LogP contribution >= 0.6 is 0 Å². The summed E-state index contributed by atoms with van der Waals surface area (Å²) in [6, 6.07) is 11.2. The first-order valence-corrected chi connectivity index (χ1v) is 6.50. The maximum atomic E-state index is 12.5. The van der Waals surface area contributed by atoms with Gasteiger partial charge < -0.3 is 9.64 Å². The van der Waals surface area contributed by atoms with E-state index in [-0.39, 0.29) is 30.1 Å². The average molecular weight is 272 g/mol. The Morgan fingerprint density at radius 1 is 1.35 bits per heavy atom. The third-order valence-electron chi connectivity index (χ3n) is 3.39. The fourth-order valence-electron chi connectivity index (χ4n) is 2.22. The van der Waals surface area contributed by atoms with Crippen molar-refractivity contribution in [3.63, 3.8) is 0 Å². The van der Waals surface area contributed by atoms with E-state index in [9.17, 15) is 9.59 Å². The highest BCUT2D eigenvalue weighted by Crippen LogP contribution is 2.41. The van der Waals surface area contributed by atoms with E-state index in [4.69, 9.17) is 5.26 Å². The normalized spacial score (nSPS) is 19.8. The summed E-state index contributed by atoms with van der Waals surface area (Å²) in [4.78, 5) is 25.4. The van der Waals surface area contributed by atoms with Crippen LogP contribution in [-0.4, -0.2) is 25.5 Å². The fraction of sp³-hybridized carbons (Fsp3) is 0.400. The van der Waals surface area contributed by atoms with Gasteiger partial charge in [-0.15, -0.1) is 0 Å². The lowest BCUT2D eigenvalue weighted by Crippen LogP contribution is -2.34. The molecule has 1 aromatic carbocycles. The van der Waals surface area contributed by atoms with Crippen molar-refractivity contribution < 1.29 is 14.3 Å². The number of hydrogen-bond donors (Lipinski definition) is 0. The SMILES string of the molecule is COC(=O)[C@@H]1C[C@@H]1C(=O)N(CCC#N)c1ccccc1. The quantitative estimate of drug-likeness (QED) is 0.765. The van der Waals surface area contributed by atoms with Gasteiger partial charge in [-0.2, -0.15) is 5.26 Å². The Morgan fingerprint density at radius 3 is 2.65 bits per heavy atom. The second-order valence-electron chi connectivity index (χ2n) is 4.71. The molecule has 1 saturated carbocycles. The van der Waals surface area contributed by atoms with Gasteiger partial charge in [-0.1, -0.05) is 18.2 Å². The van der Waals surface area contributed by atoms with Gasteiger partial charge in [-0.3, -0.25) is 9.59 Å². The Morgan fingerprint density at radius 2 is 2.05 bits per heavy atom. The summed E-state index contributed by atoms with van der Waals surface area (Å²) in [6.45, 7) is 0.337. The number of para-hydroxylation sites is 1. The molecule has 20 heavy (non-hydrogen) atoms. The summed E-state index contributed by atoms with van der Waals surface area (Å²) < 4.78 is 4.66. The zero-order chi connectivity index (χ0) is 14.5. The fourth-order valence-corrected chi connectivity index (χ4v) is 2.22. The Kier molecular flexibility index (Phi) is 4.36. The van der Waals surface area contributed by atoms with Gasteiger partial charge in [-0.05, 0) is 18.6 Å². The third-order valence-corrected chi connectivity index (χ3v) is 3.39. The molecule has 5 heteroatoms. The lowest BCUT2D eigenvalue weighted by molar-refractivity contribution is -0.143. The molecule has 104 valence electrons. The first-order chi connectivity index (χ1) is 9.69. The molecule has 0 spiro atoms. The molecule has 0 aromatic heterocycles. The predicted molar refractivity (Wildman–Crippen MR) is 72.6 cm³/mol. The molecule has 1 aliphatic rings. The van der Waals surface area contributed by atoms with E-state index in [1.54, 1.807) is 4.90 Å². The number of nitriles is 1. The molecule has 0 heterocycles. The molecule has 1 fully saturated rings. The minimum absolute atomic E-state index is 0.109. The van der Waals surface area contributed by atoms with Crippen LogP contribution < -0.4 is 4.90 Å². The van der Waals surface area contributed by atoms with Crippen molar-refractivity contribution in [1.82, 2.24) is 0 Å². The summed E-state index contributed by atoms with van der Waals surface area (Å²) >= 11 is 0. The number of anilines is 1. The molecule has 2 rings (SSSR count). The van der Waals surface area contributed by atoms with Crippen molar-refractivity contribution in [2.45, 2.75) is 12.8 Å². The van der Waals surface area contributed by atoms with Gasteiger partial charge in [0, 0.05) is 12.2 Å². The first-order valence-electron chi connectivity index (χ1n) is 6.50. The number of hydrogen-bond acceptors (Lipinski definition) is 4. The van der Waals surface area contributed by atoms with Crippen LogP contribution in [0.3, 0.4) is 0 Å². The van der Waals surface area contributed by atoms with Gasteiger partial charge in [0.05, 0.1) is 31.4 Å². The van der Waals surface area contributed by atoms with E-state index in [0.717, 1.165) is 5.69 Å². The van der Waals surface area contributed by atoms with E-state index in [2.05, 4.69) is 4.74 Å². The Hall–Kier alpha value is -2.35. The predicted octanol–water partition coefficient (Wildman–Crippen LogP) is 1.74. The number of carbonyl (C=O) groups is 2. The van der Waals surface area contributed by atoms with Gasteiger partial charge in [-0.25, -0.2) is 0 Å². The number of methoxy groups -OCH3 is 1. The molecular weight excluding hydrogens is 256 g/mol. The van der Waals surface area contributed by atoms with Crippen molar-refractivity contribution in [3.05, 3.63) is 30.3 Å². The Balaban J connectivity index is 2.10. The standard InChI is InChI=1S/C15H16N2O3/c1-20-15(19)13-10-12(13)14(18)17(9-5-8-16)11-6-3-2-4-7-11/h2-4,6-7,12-13H,5,9-10H2,1H3/t12-,13+/m0/s1. The number of benzene rings is 1. The van der Waals surface area contributed by atoms with E-state index in [1.807, 2.05) is 36.4 Å². The van der Waals surface area contributed by atoms with Crippen LogP contribution in [0.25, 0.3) is 0 Å². The minimum Gasteiger partial charge on any atom is -0.469 e. The van der Waals surface area contributed by atoms with Crippen LogP contribution in [0.2, 0.25) is 0 Å². The molecule has 0 unspecified atom stereocenters. The average Bonchev–Trinajstić information content (AvgIpc) is 3.28. The van der Waals surface area contributed by atoms with E-state index < -0.39 is 0 Å². The number of rotatable bonds is 5. The molecule has 0 aliphatic heterocycles. The van der Waals surface area contributed by atoms with Crippen LogP contribution in [0.5, 0.6) is 0 Å². The molecular formula is C15H16N2O3. The van der Waals surface area contributed by atoms with E-state index in [0.29, 0.717) is 13.0 Å². The topological polar surface area (TPSA) is 70.4 Å². The number of ether oxygens (including phenoxy) is 1. The second kappa shape index (κ2) is 6.20. The number of amides is 1. The summed E-state index contributed by atoms with van der Waals surface area (Å²) in [5.41, 5.74) is 0.753. The van der Waals surface area contributed by atoms with Gasteiger partial charge in [0.1, 0.15) is 0 Å². The Bertz CT molecular complexity index is 536. The highest BCUT2D eigenvalue weighted by Gasteiger charge is 2.50. The number of carbonyl (C=O) groups excluding carboxylic acids is 2. The lowest BCUT2D eigenvalue weighted by atomic mass is 10.2. The van der Waals surface area contributed by atoms with Crippen LogP contribution in [0.15, 0.2) is 30.3 Å². The number of nitrogens with zero attached hydrogens (tertiary/aromatic N) is 2. The molecule has 0 radical (unpaired) electrons. The highest BCUT2D eigenvalue weighted by molar-refractivity contribution is 6.00. The van der Waals surface area contributed by atoms with Gasteiger partial charge >= 0.3 is 5.97 Å². The molecule has 0 bridgehead atoms. The molecule has 1 aliphatic carbocycles. The van der Waals surface area contributed by atoms with Crippen LogP contribution in [0.4, 0.5) is 5.69 Å². The molecule has 1 aromatic rings. The third kappa shape index (κ3) is 2.97. The van der Waals surface area contributed by atoms with Crippen LogP contribution in [0, 0.1) is 23.2 Å². The van der Waals surface area contributed by atoms with Crippen molar-refractivity contribution in [1.29, 1.82) is 5.26 Å². The van der Waals surface area contributed by atoms with Gasteiger partial charge in [0.15, 0.2) is 0 Å². The Labute approximate surface area is 117 Å². The zero-order valence-electron chi connectivity index (χ0n) is 11.3. The highest BCUT2D eigenvalue weighted by atomic mass is 16.5. The summed E-state index contributed by atoms with van der Waals surface area (Å²) in [7, 11) is 1.33. The van der Waals surface area contributed by atoms with Crippen LogP contribution in [0.1, 0.15) is 12.8 Å². The van der Waals surface area contributed by atoms with Crippen molar-refractivity contribution >= 4 is 17.6 Å².